The van der Waals surface area contributed by atoms with Gasteiger partial charge < -0.3 is 14.5 Å². The monoisotopic (exact) mass is 410 g/mol. The van der Waals surface area contributed by atoms with E-state index in [2.05, 4.69) is 10.2 Å². The Morgan fingerprint density at radius 3 is 1.80 bits per heavy atom. The molecule has 30 heavy (non-hydrogen) atoms. The van der Waals surface area contributed by atoms with Gasteiger partial charge in [0.05, 0.1) is 11.4 Å². The number of nitrogens with zero attached hydrogens (tertiary/aromatic N) is 4. The zero-order chi connectivity index (χ0) is 22.1. The van der Waals surface area contributed by atoms with Gasteiger partial charge in [0.15, 0.2) is 5.78 Å². The van der Waals surface area contributed by atoms with Crippen LogP contribution in [0.1, 0.15) is 29.8 Å². The average Bonchev–Trinajstić information content (AvgIpc) is 2.74. The van der Waals surface area contributed by atoms with E-state index in [0.29, 0.717) is 30.0 Å². The molecule has 0 N–H and O–H groups in total. The molecule has 2 aromatic rings. The Labute approximate surface area is 176 Å². The van der Waals surface area contributed by atoms with Crippen LogP contribution in [0.3, 0.4) is 0 Å². The van der Waals surface area contributed by atoms with Gasteiger partial charge in [0.25, 0.3) is 0 Å². The number of benzene rings is 2. The van der Waals surface area contributed by atoms with Gasteiger partial charge in [0, 0.05) is 39.7 Å². The van der Waals surface area contributed by atoms with Crippen LogP contribution in [0, 0.1) is 0 Å². The largest absolute Gasteiger partial charge is 0.445 e. The minimum Gasteiger partial charge on any atom is -0.445 e. The number of Topliss-reactive ketones (excluding diaryl/α,β-unsaturated/α-hetero) is 1. The number of ketones is 1. The molecule has 0 aliphatic rings. The van der Waals surface area contributed by atoms with Crippen molar-refractivity contribution >= 4 is 29.2 Å². The fraction of sp³-hybridized carbons (Fsp3) is 0.318. The van der Waals surface area contributed by atoms with E-state index in [1.165, 1.54) is 23.6 Å². The summed E-state index contributed by atoms with van der Waals surface area (Å²) in [4.78, 5) is 37.5. The van der Waals surface area contributed by atoms with Crippen molar-refractivity contribution in [1.82, 2.24) is 9.80 Å². The molecule has 0 aromatic heterocycles. The standard InChI is InChI=1S/C22H26N4O4/c1-16(27)19-7-11-21(12-8-19)24-23-20-9-5-18(6-10-20)15-30-22(29)26(4)14-13-25(3)17(2)28/h5-12H,13-15H2,1-4H3. The van der Waals surface area contributed by atoms with E-state index in [4.69, 9.17) is 4.74 Å². The van der Waals surface area contributed by atoms with Crippen LogP contribution in [0.4, 0.5) is 16.2 Å². The number of ether oxygens (including phenoxy) is 1. The van der Waals surface area contributed by atoms with Crippen molar-refractivity contribution in [1.29, 1.82) is 0 Å². The Balaban J connectivity index is 1.83. The van der Waals surface area contributed by atoms with Crippen LogP contribution in [-0.2, 0) is 16.1 Å². The van der Waals surface area contributed by atoms with Crippen LogP contribution in [0.5, 0.6) is 0 Å². The highest BCUT2D eigenvalue weighted by atomic mass is 16.6. The first-order valence-corrected chi connectivity index (χ1v) is 9.47. The minimum atomic E-state index is -0.454. The summed E-state index contributed by atoms with van der Waals surface area (Å²) < 4.78 is 5.28. The number of rotatable bonds is 8. The topological polar surface area (TPSA) is 91.6 Å². The molecule has 0 atom stereocenters. The third-order valence-electron chi connectivity index (χ3n) is 4.47. The molecule has 0 spiro atoms. The van der Waals surface area contributed by atoms with Crippen molar-refractivity contribution in [3.63, 3.8) is 0 Å². The van der Waals surface area contributed by atoms with Gasteiger partial charge in [0.2, 0.25) is 5.91 Å². The lowest BCUT2D eigenvalue weighted by Gasteiger charge is -2.21. The first-order valence-electron chi connectivity index (χ1n) is 9.47. The van der Waals surface area contributed by atoms with Crippen LogP contribution in [0.15, 0.2) is 58.8 Å². The normalized spacial score (nSPS) is 10.7. The van der Waals surface area contributed by atoms with Crippen LogP contribution in [0.25, 0.3) is 0 Å². The minimum absolute atomic E-state index is 0.00405. The van der Waals surface area contributed by atoms with E-state index < -0.39 is 6.09 Å². The second-order valence-corrected chi connectivity index (χ2v) is 6.89. The second kappa shape index (κ2) is 10.8. The molecule has 158 valence electrons. The second-order valence-electron chi connectivity index (χ2n) is 6.89. The van der Waals surface area contributed by atoms with E-state index in [-0.39, 0.29) is 18.3 Å². The molecule has 0 bridgehead atoms. The van der Waals surface area contributed by atoms with E-state index >= 15 is 0 Å². The highest BCUT2D eigenvalue weighted by Gasteiger charge is 2.12. The maximum absolute atomic E-state index is 12.0. The predicted molar refractivity (Wildman–Crippen MR) is 113 cm³/mol. The molecule has 2 amide bonds. The Bertz CT molecular complexity index is 908. The molecule has 2 aromatic carbocycles. The van der Waals surface area contributed by atoms with Gasteiger partial charge >= 0.3 is 6.09 Å². The van der Waals surface area contributed by atoms with Crippen molar-refractivity contribution in [2.75, 3.05) is 27.2 Å². The molecule has 0 saturated heterocycles. The maximum Gasteiger partial charge on any atom is 0.409 e. The molecule has 0 radical (unpaired) electrons. The Hall–Kier alpha value is -3.55. The van der Waals surface area contributed by atoms with Crippen molar-refractivity contribution < 1.29 is 19.1 Å². The van der Waals surface area contributed by atoms with Gasteiger partial charge in [-0.15, -0.1) is 0 Å². The molecule has 2 rings (SSSR count). The molecule has 0 heterocycles. The lowest BCUT2D eigenvalue weighted by atomic mass is 10.1. The highest BCUT2D eigenvalue weighted by Crippen LogP contribution is 2.19. The van der Waals surface area contributed by atoms with Gasteiger partial charge in [-0.05, 0) is 48.9 Å². The Morgan fingerprint density at radius 1 is 0.800 bits per heavy atom. The summed E-state index contributed by atoms with van der Waals surface area (Å²) in [5.41, 5.74) is 2.76. The molecular formula is C22H26N4O4. The van der Waals surface area contributed by atoms with Crippen molar-refractivity contribution in [3.8, 4) is 0 Å². The molecule has 0 saturated carbocycles. The first kappa shape index (κ1) is 22.7. The fourth-order valence-electron chi connectivity index (χ4n) is 2.34. The third-order valence-corrected chi connectivity index (χ3v) is 4.47. The van der Waals surface area contributed by atoms with Gasteiger partial charge in [-0.2, -0.15) is 10.2 Å². The van der Waals surface area contributed by atoms with Crippen LogP contribution < -0.4 is 0 Å². The quantitative estimate of drug-likeness (QED) is 0.478. The van der Waals surface area contributed by atoms with Crippen LogP contribution in [0.2, 0.25) is 0 Å². The molecule has 0 unspecified atom stereocenters. The number of likely N-dealkylation sites (N-methyl/N-ethyl adjacent to an activating group) is 2. The lowest BCUT2D eigenvalue weighted by molar-refractivity contribution is -0.127. The van der Waals surface area contributed by atoms with Crippen molar-refractivity contribution in [2.24, 2.45) is 10.2 Å². The van der Waals surface area contributed by atoms with E-state index in [1.54, 1.807) is 50.5 Å². The Morgan fingerprint density at radius 2 is 1.30 bits per heavy atom. The summed E-state index contributed by atoms with van der Waals surface area (Å²) in [5, 5.41) is 8.31. The van der Waals surface area contributed by atoms with Crippen molar-refractivity contribution in [3.05, 3.63) is 59.7 Å². The van der Waals surface area contributed by atoms with E-state index in [1.807, 2.05) is 12.1 Å². The van der Waals surface area contributed by atoms with Gasteiger partial charge in [-0.1, -0.05) is 12.1 Å². The predicted octanol–water partition coefficient (Wildman–Crippen LogP) is 4.35. The third kappa shape index (κ3) is 7.12. The summed E-state index contributed by atoms with van der Waals surface area (Å²) in [6, 6.07) is 14.1. The SMILES string of the molecule is CC(=O)c1ccc(N=Nc2ccc(COC(=O)N(C)CCN(C)C(C)=O)cc2)cc1. The number of azo groups is 1. The first-order chi connectivity index (χ1) is 14.3. The number of amides is 2. The van der Waals surface area contributed by atoms with Gasteiger partial charge in [-0.3, -0.25) is 9.59 Å². The molecule has 8 nitrogen and oxygen atoms in total. The van der Waals surface area contributed by atoms with Gasteiger partial charge in [0.1, 0.15) is 6.61 Å². The molecule has 0 aliphatic heterocycles. The zero-order valence-electron chi connectivity index (χ0n) is 17.7. The van der Waals surface area contributed by atoms with Gasteiger partial charge in [-0.25, -0.2) is 4.79 Å². The number of hydrogen-bond donors (Lipinski definition) is 0. The van der Waals surface area contributed by atoms with Crippen LogP contribution >= 0.6 is 0 Å². The summed E-state index contributed by atoms with van der Waals surface area (Å²) in [5.74, 6) is -0.0496. The van der Waals surface area contributed by atoms with Crippen LogP contribution in [-0.4, -0.2) is 54.8 Å². The molecule has 0 aliphatic carbocycles. The van der Waals surface area contributed by atoms with E-state index in [9.17, 15) is 14.4 Å². The van der Waals surface area contributed by atoms with Crippen molar-refractivity contribution in [2.45, 2.75) is 20.5 Å². The average molecular weight is 410 g/mol. The smallest absolute Gasteiger partial charge is 0.409 e. The summed E-state index contributed by atoms with van der Waals surface area (Å²) >= 11 is 0. The molecular weight excluding hydrogens is 384 g/mol. The van der Waals surface area contributed by atoms with E-state index in [0.717, 1.165) is 5.56 Å². The summed E-state index contributed by atoms with van der Waals surface area (Å²) in [7, 11) is 3.31. The maximum atomic E-state index is 12.0. The number of hydrogen-bond acceptors (Lipinski definition) is 6. The number of carbonyl (C=O) groups excluding carboxylic acids is 3. The fourth-order valence-corrected chi connectivity index (χ4v) is 2.34. The zero-order valence-corrected chi connectivity index (χ0v) is 17.7. The summed E-state index contributed by atoms with van der Waals surface area (Å²) in [6.45, 7) is 3.96. The summed E-state index contributed by atoms with van der Waals surface area (Å²) in [6.07, 6.45) is -0.454. The molecule has 0 fully saturated rings. The Kier molecular flexibility index (Phi) is 8.22. The lowest BCUT2D eigenvalue weighted by Crippen LogP contribution is -2.36. The molecule has 8 heteroatoms. The highest BCUT2D eigenvalue weighted by molar-refractivity contribution is 5.94. The number of carbonyl (C=O) groups is 3.